The maximum atomic E-state index is 12.2. The fraction of sp³-hybridized carbons (Fsp3) is 0.286. The molecule has 1 saturated heterocycles. The van der Waals surface area contributed by atoms with Crippen LogP contribution < -0.4 is 5.32 Å². The molecule has 0 aliphatic carbocycles. The molecule has 0 bridgehead atoms. The Kier molecular flexibility index (Phi) is 4.75. The van der Waals surface area contributed by atoms with Crippen LogP contribution in [0, 0.1) is 12.3 Å². The van der Waals surface area contributed by atoms with Crippen LogP contribution in [0.2, 0.25) is 0 Å². The van der Waals surface area contributed by atoms with Crippen LogP contribution in [0.25, 0.3) is 22.3 Å². The molecule has 1 fully saturated rings. The average molecular weight is 359 g/mol. The number of aromatic amines is 1. The number of pyridine rings is 2. The number of carbonyl (C=O) groups is 1. The van der Waals surface area contributed by atoms with Gasteiger partial charge < -0.3 is 15.2 Å². The maximum Gasteiger partial charge on any atom is 0.234 e. The van der Waals surface area contributed by atoms with E-state index in [9.17, 15) is 4.79 Å². The normalized spacial score (nSPS) is 16.9. The minimum absolute atomic E-state index is 0.0236. The van der Waals surface area contributed by atoms with E-state index in [1.165, 1.54) is 0 Å². The minimum atomic E-state index is 0.0236. The van der Waals surface area contributed by atoms with Gasteiger partial charge in [0.05, 0.1) is 17.8 Å². The zero-order valence-electron chi connectivity index (χ0n) is 15.0. The number of terminal acetylenes is 1. The smallest absolute Gasteiger partial charge is 0.234 e. The number of H-pyrrole nitrogens is 1. The molecule has 0 radical (unpaired) electrons. The van der Waals surface area contributed by atoms with Gasteiger partial charge in [0.1, 0.15) is 5.65 Å². The van der Waals surface area contributed by atoms with Crippen LogP contribution in [0.15, 0.2) is 42.9 Å². The molecule has 6 heteroatoms. The highest BCUT2D eigenvalue weighted by molar-refractivity contribution is 5.97. The van der Waals surface area contributed by atoms with Gasteiger partial charge in [-0.2, -0.15) is 0 Å². The summed E-state index contributed by atoms with van der Waals surface area (Å²) in [6, 6.07) is 8.01. The lowest BCUT2D eigenvalue weighted by Crippen LogP contribution is -2.45. The van der Waals surface area contributed by atoms with Gasteiger partial charge in [0.2, 0.25) is 5.91 Å². The molecule has 1 aliphatic heterocycles. The summed E-state index contributed by atoms with van der Waals surface area (Å²) < 4.78 is 0. The number of hydrogen-bond acceptors (Lipinski definition) is 4. The van der Waals surface area contributed by atoms with Crippen LogP contribution in [-0.2, 0) is 4.79 Å². The van der Waals surface area contributed by atoms with E-state index in [0.29, 0.717) is 6.54 Å². The van der Waals surface area contributed by atoms with Crippen molar-refractivity contribution in [3.05, 3.63) is 42.9 Å². The van der Waals surface area contributed by atoms with Gasteiger partial charge >= 0.3 is 0 Å². The highest BCUT2D eigenvalue weighted by Crippen LogP contribution is 2.33. The molecule has 4 rings (SSSR count). The average Bonchev–Trinajstić information content (AvgIpc) is 3.19. The van der Waals surface area contributed by atoms with E-state index in [2.05, 4.69) is 26.2 Å². The van der Waals surface area contributed by atoms with Gasteiger partial charge in [0.25, 0.3) is 0 Å². The lowest BCUT2D eigenvalue weighted by atomic mass is 10.0. The van der Waals surface area contributed by atoms with Gasteiger partial charge in [0, 0.05) is 48.7 Å². The summed E-state index contributed by atoms with van der Waals surface area (Å²) in [6.07, 6.45) is 12.9. The molecule has 3 aromatic rings. The van der Waals surface area contributed by atoms with E-state index >= 15 is 0 Å². The molecule has 0 unspecified atom stereocenters. The lowest BCUT2D eigenvalue weighted by molar-refractivity contribution is -0.131. The molecule has 3 aromatic heterocycles. The van der Waals surface area contributed by atoms with E-state index < -0.39 is 0 Å². The van der Waals surface area contributed by atoms with Crippen molar-refractivity contribution in [1.82, 2.24) is 19.9 Å². The number of anilines is 1. The largest absolute Gasteiger partial charge is 0.379 e. The third-order valence-electron chi connectivity index (χ3n) is 4.90. The van der Waals surface area contributed by atoms with Crippen LogP contribution >= 0.6 is 0 Å². The number of likely N-dealkylation sites (tertiary alicyclic amines) is 1. The second-order valence-electron chi connectivity index (χ2n) is 6.71. The van der Waals surface area contributed by atoms with E-state index in [1.54, 1.807) is 6.20 Å². The van der Waals surface area contributed by atoms with Crippen molar-refractivity contribution in [2.75, 3.05) is 18.4 Å². The Hall–Kier alpha value is -3.33. The van der Waals surface area contributed by atoms with Crippen molar-refractivity contribution < 1.29 is 4.79 Å². The van der Waals surface area contributed by atoms with Crippen molar-refractivity contribution in [2.45, 2.75) is 25.3 Å². The molecule has 0 spiro atoms. The molecule has 27 heavy (non-hydrogen) atoms. The molecule has 4 heterocycles. The molecule has 1 aliphatic rings. The zero-order valence-corrected chi connectivity index (χ0v) is 15.0. The summed E-state index contributed by atoms with van der Waals surface area (Å²) >= 11 is 0. The second-order valence-corrected chi connectivity index (χ2v) is 6.71. The van der Waals surface area contributed by atoms with Crippen LogP contribution in [0.5, 0.6) is 0 Å². The molecule has 2 N–H and O–H groups in total. The number of nitrogens with zero attached hydrogens (tertiary/aromatic N) is 3. The Morgan fingerprint density at radius 3 is 3.11 bits per heavy atom. The number of hydrogen-bond donors (Lipinski definition) is 2. The fourth-order valence-electron chi connectivity index (χ4n) is 3.60. The molecule has 0 saturated carbocycles. The molecule has 1 amide bonds. The number of rotatable bonds is 4. The second kappa shape index (κ2) is 7.50. The Morgan fingerprint density at radius 2 is 2.30 bits per heavy atom. The van der Waals surface area contributed by atoms with E-state index in [-0.39, 0.29) is 18.4 Å². The Balaban J connectivity index is 1.66. The van der Waals surface area contributed by atoms with Crippen LogP contribution in [0.4, 0.5) is 5.69 Å². The zero-order chi connectivity index (χ0) is 18.6. The van der Waals surface area contributed by atoms with Crippen molar-refractivity contribution in [2.24, 2.45) is 0 Å². The van der Waals surface area contributed by atoms with Crippen molar-refractivity contribution in [3.63, 3.8) is 0 Å². The standard InChI is InChI=1S/C21H21N5O/c1-2-6-19(27)26-12-5-7-15(14-26)25-20-16-9-11-23-21(16)24-13-17(20)18-8-3-4-10-22-18/h1,3-4,8-11,13,15H,5-7,12,14H2,(H2,23,24,25)/t15-/m1/s1. The number of piperidine rings is 1. The first kappa shape index (κ1) is 17.1. The highest BCUT2D eigenvalue weighted by Gasteiger charge is 2.24. The molecule has 0 aromatic carbocycles. The van der Waals surface area contributed by atoms with Crippen LogP contribution in [0.3, 0.4) is 0 Å². The topological polar surface area (TPSA) is 73.9 Å². The summed E-state index contributed by atoms with van der Waals surface area (Å²) in [5, 5.41) is 4.68. The van der Waals surface area contributed by atoms with E-state index in [0.717, 1.165) is 47.4 Å². The molecule has 136 valence electrons. The molecular weight excluding hydrogens is 338 g/mol. The third-order valence-corrected chi connectivity index (χ3v) is 4.90. The molecular formula is C21H21N5O. The number of aromatic nitrogens is 3. The Labute approximate surface area is 158 Å². The monoisotopic (exact) mass is 359 g/mol. The first-order chi connectivity index (χ1) is 13.3. The Morgan fingerprint density at radius 1 is 1.37 bits per heavy atom. The number of nitrogens with one attached hydrogen (secondary N) is 2. The quantitative estimate of drug-likeness (QED) is 0.702. The predicted molar refractivity (Wildman–Crippen MR) is 106 cm³/mol. The minimum Gasteiger partial charge on any atom is -0.379 e. The number of carbonyl (C=O) groups excluding carboxylic acids is 1. The van der Waals surface area contributed by atoms with Gasteiger partial charge in [-0.15, -0.1) is 6.42 Å². The van der Waals surface area contributed by atoms with Gasteiger partial charge in [-0.25, -0.2) is 4.98 Å². The SMILES string of the molecule is C#CCC(=O)N1CCC[C@@H](Nc2c(-c3ccccn3)cnc3[nH]ccc23)C1. The third kappa shape index (κ3) is 3.49. The van der Waals surface area contributed by atoms with Crippen LogP contribution in [-0.4, -0.2) is 44.9 Å². The summed E-state index contributed by atoms with van der Waals surface area (Å²) in [6.45, 7) is 1.41. The number of fused-ring (bicyclic) bond motifs is 1. The first-order valence-corrected chi connectivity index (χ1v) is 9.11. The molecule has 1 atom stereocenters. The summed E-state index contributed by atoms with van der Waals surface area (Å²) in [7, 11) is 0. The van der Waals surface area contributed by atoms with Crippen LogP contribution in [0.1, 0.15) is 19.3 Å². The summed E-state index contributed by atoms with van der Waals surface area (Å²) in [5.41, 5.74) is 3.64. The van der Waals surface area contributed by atoms with Crippen molar-refractivity contribution in [1.29, 1.82) is 0 Å². The number of amides is 1. The Bertz CT molecular complexity index is 989. The van der Waals surface area contributed by atoms with Crippen molar-refractivity contribution in [3.8, 4) is 23.6 Å². The van der Waals surface area contributed by atoms with Gasteiger partial charge in [-0.05, 0) is 31.0 Å². The maximum absolute atomic E-state index is 12.2. The summed E-state index contributed by atoms with van der Waals surface area (Å²) in [5.74, 6) is 2.47. The molecule has 6 nitrogen and oxygen atoms in total. The lowest BCUT2D eigenvalue weighted by Gasteiger charge is -2.34. The highest BCUT2D eigenvalue weighted by atomic mass is 16.2. The first-order valence-electron chi connectivity index (χ1n) is 9.11. The fourth-order valence-corrected chi connectivity index (χ4v) is 3.60. The van der Waals surface area contributed by atoms with E-state index in [4.69, 9.17) is 6.42 Å². The van der Waals surface area contributed by atoms with Crippen molar-refractivity contribution >= 4 is 22.6 Å². The summed E-state index contributed by atoms with van der Waals surface area (Å²) in [4.78, 5) is 26.2. The van der Waals surface area contributed by atoms with Gasteiger partial charge in [-0.3, -0.25) is 9.78 Å². The van der Waals surface area contributed by atoms with Gasteiger partial charge in [-0.1, -0.05) is 12.0 Å². The van der Waals surface area contributed by atoms with Gasteiger partial charge in [0.15, 0.2) is 0 Å². The van der Waals surface area contributed by atoms with E-state index in [1.807, 2.05) is 41.6 Å². The predicted octanol–water partition coefficient (Wildman–Crippen LogP) is 3.05.